The highest BCUT2D eigenvalue weighted by molar-refractivity contribution is 5.68. The van der Waals surface area contributed by atoms with E-state index in [4.69, 9.17) is 10.8 Å². The smallest absolute Gasteiger partial charge is 0.304 e. The van der Waals surface area contributed by atoms with Crippen LogP contribution in [-0.2, 0) is 4.79 Å². The van der Waals surface area contributed by atoms with Gasteiger partial charge in [-0.2, -0.15) is 5.10 Å². The van der Waals surface area contributed by atoms with Crippen molar-refractivity contribution in [1.29, 1.82) is 0 Å². The molecule has 1 unspecified atom stereocenters. The number of aromatic nitrogens is 2. The van der Waals surface area contributed by atoms with E-state index in [1.54, 1.807) is 0 Å². The molecule has 1 heterocycles. The van der Waals surface area contributed by atoms with Gasteiger partial charge in [0.25, 0.3) is 0 Å². The Morgan fingerprint density at radius 1 is 1.47 bits per heavy atom. The lowest BCUT2D eigenvalue weighted by Crippen LogP contribution is -2.18. The fourth-order valence-corrected chi connectivity index (χ4v) is 2.28. The summed E-state index contributed by atoms with van der Waals surface area (Å²) >= 11 is 0. The second kappa shape index (κ2) is 5.31. The maximum Gasteiger partial charge on any atom is 0.304 e. The first kappa shape index (κ1) is 13.7. The maximum absolute atomic E-state index is 10.8. The van der Waals surface area contributed by atoms with Crippen molar-refractivity contribution in [2.45, 2.75) is 46.1 Å². The first-order valence-electron chi connectivity index (χ1n) is 5.85. The van der Waals surface area contributed by atoms with Crippen molar-refractivity contribution in [3.63, 3.8) is 0 Å². The molecule has 1 aromatic rings. The molecule has 96 valence electrons. The van der Waals surface area contributed by atoms with Gasteiger partial charge in [0.1, 0.15) is 0 Å². The summed E-state index contributed by atoms with van der Waals surface area (Å²) in [7, 11) is 0. The highest BCUT2D eigenvalue weighted by Gasteiger charge is 2.22. The standard InChI is InChI=1S/C12H21N3O2/c1-7(2)15-9(4)12(8(3)14-15)10(6-13)5-11(16)17/h7,10H,5-6,13H2,1-4H3,(H,16,17). The summed E-state index contributed by atoms with van der Waals surface area (Å²) in [4.78, 5) is 10.8. The molecule has 0 aliphatic rings. The van der Waals surface area contributed by atoms with E-state index in [0.717, 1.165) is 17.0 Å². The number of hydrogen-bond acceptors (Lipinski definition) is 3. The van der Waals surface area contributed by atoms with Crippen molar-refractivity contribution in [1.82, 2.24) is 9.78 Å². The first-order chi connectivity index (χ1) is 7.88. The van der Waals surface area contributed by atoms with Gasteiger partial charge in [-0.25, -0.2) is 0 Å². The number of hydrogen-bond donors (Lipinski definition) is 2. The molecule has 5 heteroatoms. The van der Waals surface area contributed by atoms with Crippen LogP contribution in [0.3, 0.4) is 0 Å². The zero-order chi connectivity index (χ0) is 13.2. The molecular weight excluding hydrogens is 218 g/mol. The Morgan fingerprint density at radius 3 is 2.41 bits per heavy atom. The number of carboxylic acid groups (broad SMARTS) is 1. The van der Waals surface area contributed by atoms with E-state index in [1.165, 1.54) is 0 Å². The second-order valence-electron chi connectivity index (χ2n) is 4.65. The van der Waals surface area contributed by atoms with Crippen LogP contribution < -0.4 is 5.73 Å². The number of aryl methyl sites for hydroxylation is 1. The minimum Gasteiger partial charge on any atom is -0.481 e. The topological polar surface area (TPSA) is 81.1 Å². The number of nitrogens with two attached hydrogens (primary N) is 1. The van der Waals surface area contributed by atoms with Gasteiger partial charge in [0.05, 0.1) is 12.1 Å². The van der Waals surface area contributed by atoms with Crippen LogP contribution in [-0.4, -0.2) is 27.4 Å². The number of carboxylic acids is 1. The van der Waals surface area contributed by atoms with E-state index in [-0.39, 0.29) is 18.4 Å². The van der Waals surface area contributed by atoms with Gasteiger partial charge in [-0.3, -0.25) is 9.48 Å². The predicted octanol–water partition coefficient (Wildman–Crippen LogP) is 1.60. The minimum atomic E-state index is -0.823. The highest BCUT2D eigenvalue weighted by Crippen LogP contribution is 2.27. The van der Waals surface area contributed by atoms with Gasteiger partial charge in [-0.15, -0.1) is 0 Å². The van der Waals surface area contributed by atoms with Crippen LogP contribution in [0, 0.1) is 13.8 Å². The van der Waals surface area contributed by atoms with E-state index in [0.29, 0.717) is 6.54 Å². The minimum absolute atomic E-state index is 0.0575. The Labute approximate surface area is 102 Å². The lowest BCUT2D eigenvalue weighted by molar-refractivity contribution is -0.137. The molecule has 0 aromatic carbocycles. The fourth-order valence-electron chi connectivity index (χ4n) is 2.28. The summed E-state index contributed by atoms with van der Waals surface area (Å²) in [6.45, 7) is 8.32. The lowest BCUT2D eigenvalue weighted by atomic mass is 9.94. The van der Waals surface area contributed by atoms with Crippen LogP contribution in [0.15, 0.2) is 0 Å². The first-order valence-corrected chi connectivity index (χ1v) is 5.85. The van der Waals surface area contributed by atoms with Crippen molar-refractivity contribution in [2.24, 2.45) is 5.73 Å². The molecular formula is C12H21N3O2. The number of aliphatic carboxylic acids is 1. The average molecular weight is 239 g/mol. The SMILES string of the molecule is Cc1nn(C(C)C)c(C)c1C(CN)CC(=O)O. The molecule has 1 atom stereocenters. The van der Waals surface area contributed by atoms with Crippen LogP contribution in [0.25, 0.3) is 0 Å². The fraction of sp³-hybridized carbons (Fsp3) is 0.667. The summed E-state index contributed by atoms with van der Waals surface area (Å²) in [5, 5.41) is 13.3. The highest BCUT2D eigenvalue weighted by atomic mass is 16.4. The molecule has 0 aliphatic heterocycles. The van der Waals surface area contributed by atoms with Gasteiger partial charge in [0.2, 0.25) is 0 Å². The second-order valence-corrected chi connectivity index (χ2v) is 4.65. The largest absolute Gasteiger partial charge is 0.481 e. The Morgan fingerprint density at radius 2 is 2.06 bits per heavy atom. The Hall–Kier alpha value is -1.36. The molecule has 0 fully saturated rings. The zero-order valence-electron chi connectivity index (χ0n) is 10.9. The molecule has 0 radical (unpaired) electrons. The normalized spacial score (nSPS) is 13.1. The van der Waals surface area contributed by atoms with E-state index < -0.39 is 5.97 Å². The van der Waals surface area contributed by atoms with Crippen molar-refractivity contribution in [3.8, 4) is 0 Å². The number of rotatable bonds is 5. The summed E-state index contributed by atoms with van der Waals surface area (Å²) in [6, 6.07) is 0.269. The third-order valence-corrected chi connectivity index (χ3v) is 2.98. The molecule has 0 amide bonds. The predicted molar refractivity (Wildman–Crippen MR) is 66.1 cm³/mol. The molecule has 0 bridgehead atoms. The molecule has 1 aromatic heterocycles. The molecule has 1 rings (SSSR count). The molecule has 0 saturated heterocycles. The van der Waals surface area contributed by atoms with E-state index in [9.17, 15) is 4.79 Å². The Kier molecular flexibility index (Phi) is 4.28. The molecule has 5 nitrogen and oxygen atoms in total. The van der Waals surface area contributed by atoms with Gasteiger partial charge in [-0.1, -0.05) is 0 Å². The van der Waals surface area contributed by atoms with Gasteiger partial charge in [0.15, 0.2) is 0 Å². The van der Waals surface area contributed by atoms with Crippen molar-refractivity contribution >= 4 is 5.97 Å². The van der Waals surface area contributed by atoms with Crippen LogP contribution in [0.4, 0.5) is 0 Å². The summed E-state index contributed by atoms with van der Waals surface area (Å²) in [5.74, 6) is -0.975. The Balaban J connectivity index is 3.15. The van der Waals surface area contributed by atoms with Crippen LogP contribution >= 0.6 is 0 Å². The molecule has 3 N–H and O–H groups in total. The maximum atomic E-state index is 10.8. The number of carbonyl (C=O) groups is 1. The summed E-state index contributed by atoms with van der Waals surface area (Å²) in [6.07, 6.45) is 0.0575. The van der Waals surface area contributed by atoms with Crippen LogP contribution in [0.1, 0.15) is 49.2 Å². The molecule has 0 aliphatic carbocycles. The monoisotopic (exact) mass is 239 g/mol. The van der Waals surface area contributed by atoms with Crippen LogP contribution in [0.5, 0.6) is 0 Å². The van der Waals surface area contributed by atoms with Gasteiger partial charge in [0, 0.05) is 23.2 Å². The van der Waals surface area contributed by atoms with Gasteiger partial charge >= 0.3 is 5.97 Å². The van der Waals surface area contributed by atoms with Gasteiger partial charge < -0.3 is 10.8 Å². The molecule has 17 heavy (non-hydrogen) atoms. The molecule has 0 spiro atoms. The number of nitrogens with zero attached hydrogens (tertiary/aromatic N) is 2. The van der Waals surface area contributed by atoms with E-state index in [2.05, 4.69) is 18.9 Å². The van der Waals surface area contributed by atoms with Crippen LogP contribution in [0.2, 0.25) is 0 Å². The van der Waals surface area contributed by atoms with E-state index >= 15 is 0 Å². The van der Waals surface area contributed by atoms with Crippen molar-refractivity contribution in [2.75, 3.05) is 6.54 Å². The van der Waals surface area contributed by atoms with Crippen molar-refractivity contribution < 1.29 is 9.90 Å². The quantitative estimate of drug-likeness (QED) is 0.817. The third-order valence-electron chi connectivity index (χ3n) is 2.98. The molecule has 0 saturated carbocycles. The summed E-state index contributed by atoms with van der Waals surface area (Å²) < 4.78 is 1.93. The third kappa shape index (κ3) is 2.85. The lowest BCUT2D eigenvalue weighted by Gasteiger charge is -2.14. The Bertz CT molecular complexity index is 410. The van der Waals surface area contributed by atoms with E-state index in [1.807, 2.05) is 18.5 Å². The van der Waals surface area contributed by atoms with Gasteiger partial charge in [-0.05, 0) is 34.2 Å². The van der Waals surface area contributed by atoms with Crippen molar-refractivity contribution in [3.05, 3.63) is 17.0 Å². The average Bonchev–Trinajstić information content (AvgIpc) is 2.51. The summed E-state index contributed by atoms with van der Waals surface area (Å²) in [5.41, 5.74) is 8.57. The zero-order valence-corrected chi connectivity index (χ0v) is 10.9.